The van der Waals surface area contributed by atoms with Crippen LogP contribution in [0.25, 0.3) is 16.3 Å². The monoisotopic (exact) mass is 516 g/mol. The molecule has 4 rings (SSSR count). The summed E-state index contributed by atoms with van der Waals surface area (Å²) in [5.74, 6) is 0.158. The summed E-state index contributed by atoms with van der Waals surface area (Å²) in [6, 6.07) is 13.8. The number of sulfonamides is 1. The Kier molecular flexibility index (Phi) is 6.58. The standard InChI is InChI=1S/C21H16N4O6S3/c1-31-14-4-9-18-17(12-14)23-21(33-18)24-34(29,30)16-7-2-13(3-8-16)22-19(26)10-5-15-6-11-20(32-15)25(27)28/h2-12H,1H3,(H,22,26)(H,23,24)/b10-5+. The molecule has 0 aliphatic rings. The minimum absolute atomic E-state index is 0.00349. The van der Waals surface area contributed by atoms with Gasteiger partial charge >= 0.3 is 5.00 Å². The maximum absolute atomic E-state index is 12.7. The number of amides is 1. The van der Waals surface area contributed by atoms with E-state index in [1.165, 1.54) is 60.9 Å². The molecule has 174 valence electrons. The molecule has 0 saturated heterocycles. The highest BCUT2D eigenvalue weighted by molar-refractivity contribution is 7.93. The van der Waals surface area contributed by atoms with Crippen molar-refractivity contribution in [1.82, 2.24) is 4.98 Å². The van der Waals surface area contributed by atoms with E-state index in [9.17, 15) is 23.3 Å². The first-order valence-corrected chi connectivity index (χ1v) is 12.7. The topological polar surface area (TPSA) is 141 Å². The van der Waals surface area contributed by atoms with Crippen LogP contribution < -0.4 is 14.8 Å². The predicted molar refractivity (Wildman–Crippen MR) is 132 cm³/mol. The van der Waals surface area contributed by atoms with E-state index < -0.39 is 20.9 Å². The fourth-order valence-corrected chi connectivity index (χ4v) is 5.65. The Morgan fingerprint density at radius 1 is 1.12 bits per heavy atom. The minimum atomic E-state index is -3.89. The third-order valence-corrected chi connectivity index (χ3v) is 7.88. The first kappa shape index (κ1) is 23.4. The molecule has 0 aliphatic heterocycles. The van der Waals surface area contributed by atoms with Crippen molar-refractivity contribution in [2.45, 2.75) is 4.90 Å². The van der Waals surface area contributed by atoms with Crippen molar-refractivity contribution in [2.24, 2.45) is 0 Å². The summed E-state index contributed by atoms with van der Waals surface area (Å²) in [6.45, 7) is 0. The van der Waals surface area contributed by atoms with E-state index in [0.717, 1.165) is 16.0 Å². The summed E-state index contributed by atoms with van der Waals surface area (Å²) < 4.78 is 33.9. The molecule has 0 spiro atoms. The lowest BCUT2D eigenvalue weighted by atomic mass is 10.3. The van der Waals surface area contributed by atoms with E-state index in [-0.39, 0.29) is 15.0 Å². The number of nitrogens with zero attached hydrogens (tertiary/aromatic N) is 2. The average Bonchev–Trinajstić information content (AvgIpc) is 3.43. The van der Waals surface area contributed by atoms with Crippen LogP contribution in [0.4, 0.5) is 15.8 Å². The molecule has 10 nitrogen and oxygen atoms in total. The van der Waals surface area contributed by atoms with Crippen LogP contribution in [0, 0.1) is 10.1 Å². The zero-order valence-corrected chi connectivity index (χ0v) is 19.9. The summed E-state index contributed by atoms with van der Waals surface area (Å²) in [5, 5.41) is 13.5. The van der Waals surface area contributed by atoms with Crippen LogP contribution in [0.1, 0.15) is 4.88 Å². The predicted octanol–water partition coefficient (Wildman–Crippen LogP) is 4.73. The normalized spacial score (nSPS) is 11.6. The molecular weight excluding hydrogens is 500 g/mol. The Balaban J connectivity index is 1.41. The number of ether oxygens (including phenoxy) is 1. The lowest BCUT2D eigenvalue weighted by Gasteiger charge is -2.07. The number of rotatable bonds is 8. The van der Waals surface area contributed by atoms with Crippen molar-refractivity contribution in [3.05, 3.63) is 75.7 Å². The second-order valence-corrected chi connectivity index (χ2v) is 10.5. The van der Waals surface area contributed by atoms with Gasteiger partial charge in [-0.05, 0) is 48.5 Å². The first-order chi connectivity index (χ1) is 16.2. The number of benzene rings is 2. The molecule has 0 aliphatic carbocycles. The van der Waals surface area contributed by atoms with Gasteiger partial charge in [-0.1, -0.05) is 22.7 Å². The maximum Gasteiger partial charge on any atom is 0.324 e. The van der Waals surface area contributed by atoms with Gasteiger partial charge in [-0.3, -0.25) is 19.6 Å². The number of carbonyl (C=O) groups excluding carboxylic acids is 1. The summed E-state index contributed by atoms with van der Waals surface area (Å²) in [7, 11) is -2.35. The van der Waals surface area contributed by atoms with Gasteiger partial charge in [0.05, 0.1) is 27.1 Å². The molecule has 0 bridgehead atoms. The number of carbonyl (C=O) groups is 1. The maximum atomic E-state index is 12.7. The van der Waals surface area contributed by atoms with Crippen LogP contribution in [-0.4, -0.2) is 31.3 Å². The van der Waals surface area contributed by atoms with Crippen molar-refractivity contribution < 1.29 is 22.9 Å². The van der Waals surface area contributed by atoms with Gasteiger partial charge in [0.1, 0.15) is 5.75 Å². The van der Waals surface area contributed by atoms with E-state index in [1.54, 1.807) is 24.3 Å². The van der Waals surface area contributed by atoms with Crippen LogP contribution in [0.15, 0.2) is 65.6 Å². The van der Waals surface area contributed by atoms with Gasteiger partial charge < -0.3 is 10.1 Å². The summed E-state index contributed by atoms with van der Waals surface area (Å²) in [6.07, 6.45) is 2.70. The smallest absolute Gasteiger partial charge is 0.324 e. The first-order valence-electron chi connectivity index (χ1n) is 9.54. The minimum Gasteiger partial charge on any atom is -0.497 e. The summed E-state index contributed by atoms with van der Waals surface area (Å²) in [5.41, 5.74) is 1.00. The SMILES string of the molecule is COc1ccc2sc(NS(=O)(=O)c3ccc(NC(=O)/C=C/c4ccc([N+](=O)[O-])s4)cc3)nc2c1. The molecule has 2 N–H and O–H groups in total. The van der Waals surface area contributed by atoms with Crippen molar-refractivity contribution in [2.75, 3.05) is 17.1 Å². The Labute approximate surface area is 201 Å². The number of thiophene rings is 1. The largest absolute Gasteiger partial charge is 0.497 e. The molecule has 0 radical (unpaired) electrons. The van der Waals surface area contributed by atoms with Crippen LogP contribution in [0.5, 0.6) is 5.75 Å². The van der Waals surface area contributed by atoms with Crippen LogP contribution >= 0.6 is 22.7 Å². The Bertz CT molecular complexity index is 1510. The van der Waals surface area contributed by atoms with E-state index in [1.807, 2.05) is 0 Å². The van der Waals surface area contributed by atoms with Gasteiger partial charge in [0.15, 0.2) is 5.13 Å². The lowest BCUT2D eigenvalue weighted by molar-refractivity contribution is -0.380. The molecule has 4 aromatic rings. The molecule has 0 saturated carbocycles. The molecule has 2 aromatic carbocycles. The molecular formula is C21H16N4O6S3. The van der Waals surface area contributed by atoms with Crippen LogP contribution in [-0.2, 0) is 14.8 Å². The zero-order valence-electron chi connectivity index (χ0n) is 17.4. The van der Waals surface area contributed by atoms with Gasteiger partial charge in [-0.2, -0.15) is 0 Å². The number of methoxy groups -OCH3 is 1. The lowest BCUT2D eigenvalue weighted by Crippen LogP contribution is -2.13. The molecule has 0 atom stereocenters. The molecule has 0 unspecified atom stereocenters. The van der Waals surface area contributed by atoms with E-state index >= 15 is 0 Å². The molecule has 13 heteroatoms. The number of hydrogen-bond donors (Lipinski definition) is 2. The zero-order chi connectivity index (χ0) is 24.3. The van der Waals surface area contributed by atoms with Crippen molar-refractivity contribution >= 4 is 70.7 Å². The van der Waals surface area contributed by atoms with Crippen molar-refractivity contribution in [1.29, 1.82) is 0 Å². The van der Waals surface area contributed by atoms with Crippen LogP contribution in [0.2, 0.25) is 0 Å². The van der Waals surface area contributed by atoms with Gasteiger partial charge in [0.25, 0.3) is 10.0 Å². The van der Waals surface area contributed by atoms with Crippen LogP contribution in [0.3, 0.4) is 0 Å². The Hall–Kier alpha value is -3.81. The Morgan fingerprint density at radius 3 is 2.56 bits per heavy atom. The van der Waals surface area contributed by atoms with E-state index in [0.29, 0.717) is 21.8 Å². The van der Waals surface area contributed by atoms with Crippen molar-refractivity contribution in [3.63, 3.8) is 0 Å². The highest BCUT2D eigenvalue weighted by atomic mass is 32.2. The highest BCUT2D eigenvalue weighted by Crippen LogP contribution is 2.30. The fraction of sp³-hybridized carbons (Fsp3) is 0.0476. The summed E-state index contributed by atoms with van der Waals surface area (Å²) in [4.78, 5) is 27.2. The number of thiazole rings is 1. The van der Waals surface area contributed by atoms with E-state index in [2.05, 4.69) is 15.0 Å². The number of fused-ring (bicyclic) bond motifs is 1. The molecule has 34 heavy (non-hydrogen) atoms. The number of nitro groups is 1. The van der Waals surface area contributed by atoms with Gasteiger partial charge in [-0.15, -0.1) is 0 Å². The molecule has 0 fully saturated rings. The van der Waals surface area contributed by atoms with Gasteiger partial charge in [0.2, 0.25) is 5.91 Å². The third kappa shape index (κ3) is 5.39. The number of aromatic nitrogens is 1. The second-order valence-electron chi connectivity index (χ2n) is 6.74. The summed E-state index contributed by atoms with van der Waals surface area (Å²) >= 11 is 2.15. The third-order valence-electron chi connectivity index (χ3n) is 4.44. The van der Waals surface area contributed by atoms with Gasteiger partial charge in [0, 0.05) is 28.8 Å². The number of anilines is 2. The highest BCUT2D eigenvalue weighted by Gasteiger charge is 2.17. The number of nitrogens with one attached hydrogen (secondary N) is 2. The fourth-order valence-electron chi connectivity index (χ4n) is 2.84. The molecule has 1 amide bonds. The van der Waals surface area contributed by atoms with E-state index in [4.69, 9.17) is 4.74 Å². The Morgan fingerprint density at radius 2 is 1.88 bits per heavy atom. The number of hydrogen-bond acceptors (Lipinski definition) is 9. The van der Waals surface area contributed by atoms with Gasteiger partial charge in [-0.25, -0.2) is 13.4 Å². The molecule has 2 aromatic heterocycles. The average molecular weight is 517 g/mol. The second kappa shape index (κ2) is 9.59. The quantitative estimate of drug-likeness (QED) is 0.196. The van der Waals surface area contributed by atoms with Crippen molar-refractivity contribution in [3.8, 4) is 5.75 Å². The molecule has 2 heterocycles.